The zero-order valence-corrected chi connectivity index (χ0v) is 14.7. The van der Waals surface area contributed by atoms with Crippen molar-refractivity contribution in [2.75, 3.05) is 5.75 Å². The molecule has 0 aliphatic heterocycles. The normalized spacial score (nSPS) is 32.0. The SMILES string of the molecule is CC(C)[C@H]1CCC(=O)[C@@]2(CCCC2CSc2ccccc2)C1. The largest absolute Gasteiger partial charge is 0.299 e. The van der Waals surface area contributed by atoms with Gasteiger partial charge in [0, 0.05) is 22.5 Å². The lowest BCUT2D eigenvalue weighted by atomic mass is 9.62. The highest BCUT2D eigenvalue weighted by Crippen LogP contribution is 2.54. The van der Waals surface area contributed by atoms with Gasteiger partial charge in [-0.3, -0.25) is 4.79 Å². The second-order valence-electron chi connectivity index (χ2n) is 7.54. The Labute approximate surface area is 139 Å². The molecular weight excluding hydrogens is 288 g/mol. The maximum Gasteiger partial charge on any atom is 0.139 e. The molecule has 0 saturated heterocycles. The summed E-state index contributed by atoms with van der Waals surface area (Å²) >= 11 is 1.94. The number of carbonyl (C=O) groups excluding carboxylic acids is 1. The third kappa shape index (κ3) is 3.13. The van der Waals surface area contributed by atoms with Gasteiger partial charge in [-0.15, -0.1) is 11.8 Å². The molecule has 2 aliphatic rings. The van der Waals surface area contributed by atoms with E-state index in [1.54, 1.807) is 0 Å². The molecule has 0 aromatic heterocycles. The van der Waals surface area contributed by atoms with Gasteiger partial charge in [0.2, 0.25) is 0 Å². The number of Topliss-reactive ketones (excluding diaryl/α,β-unsaturated/α-hetero) is 1. The molecule has 120 valence electrons. The molecule has 2 saturated carbocycles. The highest BCUT2D eigenvalue weighted by atomic mass is 32.2. The molecule has 0 N–H and O–H groups in total. The van der Waals surface area contributed by atoms with Gasteiger partial charge in [-0.05, 0) is 55.6 Å². The Morgan fingerprint density at radius 1 is 1.23 bits per heavy atom. The number of hydrogen-bond acceptors (Lipinski definition) is 2. The fraction of sp³-hybridized carbons (Fsp3) is 0.650. The number of benzene rings is 1. The molecule has 1 nitrogen and oxygen atoms in total. The highest BCUT2D eigenvalue weighted by Gasteiger charge is 2.51. The predicted octanol–water partition coefficient (Wildman–Crippen LogP) is 5.59. The van der Waals surface area contributed by atoms with E-state index in [2.05, 4.69) is 44.2 Å². The second kappa shape index (κ2) is 6.78. The molecule has 3 atom stereocenters. The van der Waals surface area contributed by atoms with Gasteiger partial charge in [-0.1, -0.05) is 38.5 Å². The molecule has 1 spiro atoms. The fourth-order valence-electron chi connectivity index (χ4n) is 4.55. The van der Waals surface area contributed by atoms with Gasteiger partial charge in [0.1, 0.15) is 5.78 Å². The maximum absolute atomic E-state index is 12.8. The van der Waals surface area contributed by atoms with Crippen molar-refractivity contribution in [3.05, 3.63) is 30.3 Å². The van der Waals surface area contributed by atoms with E-state index in [1.165, 1.54) is 17.7 Å². The lowest BCUT2D eigenvalue weighted by Gasteiger charge is -2.42. The molecule has 2 heteroatoms. The van der Waals surface area contributed by atoms with Crippen molar-refractivity contribution in [1.29, 1.82) is 0 Å². The average Bonchev–Trinajstić information content (AvgIpc) is 2.92. The molecule has 2 fully saturated rings. The topological polar surface area (TPSA) is 17.1 Å². The van der Waals surface area contributed by atoms with E-state index in [0.29, 0.717) is 17.6 Å². The molecule has 2 aliphatic carbocycles. The summed E-state index contributed by atoms with van der Waals surface area (Å²) in [5.41, 5.74) is 0.0228. The summed E-state index contributed by atoms with van der Waals surface area (Å²) in [5.74, 6) is 3.75. The molecule has 22 heavy (non-hydrogen) atoms. The first kappa shape index (κ1) is 16.1. The van der Waals surface area contributed by atoms with Gasteiger partial charge >= 0.3 is 0 Å². The Balaban J connectivity index is 1.71. The van der Waals surface area contributed by atoms with Gasteiger partial charge < -0.3 is 0 Å². The van der Waals surface area contributed by atoms with Crippen LogP contribution in [-0.4, -0.2) is 11.5 Å². The highest BCUT2D eigenvalue weighted by molar-refractivity contribution is 7.99. The molecule has 1 aromatic carbocycles. The van der Waals surface area contributed by atoms with Crippen LogP contribution in [0.1, 0.15) is 52.4 Å². The molecule has 0 radical (unpaired) electrons. The Bertz CT molecular complexity index is 510. The average molecular weight is 317 g/mol. The first-order valence-electron chi connectivity index (χ1n) is 8.83. The van der Waals surface area contributed by atoms with E-state index >= 15 is 0 Å². The van der Waals surface area contributed by atoms with Gasteiger partial charge in [0.15, 0.2) is 0 Å². The molecule has 0 bridgehead atoms. The number of hydrogen-bond donors (Lipinski definition) is 0. The van der Waals surface area contributed by atoms with E-state index in [9.17, 15) is 4.79 Å². The number of thioether (sulfide) groups is 1. The van der Waals surface area contributed by atoms with Crippen LogP contribution in [0.15, 0.2) is 35.2 Å². The minimum atomic E-state index is 0.0228. The maximum atomic E-state index is 12.8. The second-order valence-corrected chi connectivity index (χ2v) is 8.63. The zero-order valence-electron chi connectivity index (χ0n) is 13.9. The van der Waals surface area contributed by atoms with E-state index in [0.717, 1.165) is 37.4 Å². The quantitative estimate of drug-likeness (QED) is 0.673. The van der Waals surface area contributed by atoms with E-state index in [1.807, 2.05) is 11.8 Å². The van der Waals surface area contributed by atoms with Crippen LogP contribution in [0.2, 0.25) is 0 Å². The lowest BCUT2D eigenvalue weighted by molar-refractivity contribution is -0.135. The van der Waals surface area contributed by atoms with Crippen LogP contribution in [0.25, 0.3) is 0 Å². The van der Waals surface area contributed by atoms with Crippen molar-refractivity contribution >= 4 is 17.5 Å². The van der Waals surface area contributed by atoms with Crippen LogP contribution in [0.5, 0.6) is 0 Å². The summed E-state index contributed by atoms with van der Waals surface area (Å²) in [5, 5.41) is 0. The van der Waals surface area contributed by atoms with Crippen LogP contribution in [0, 0.1) is 23.2 Å². The van der Waals surface area contributed by atoms with Crippen LogP contribution < -0.4 is 0 Å². The number of ketones is 1. The van der Waals surface area contributed by atoms with Crippen molar-refractivity contribution < 1.29 is 4.79 Å². The van der Waals surface area contributed by atoms with E-state index < -0.39 is 0 Å². The Kier molecular flexibility index (Phi) is 4.97. The molecule has 0 heterocycles. The molecule has 0 amide bonds. The summed E-state index contributed by atoms with van der Waals surface area (Å²) in [4.78, 5) is 14.1. The third-order valence-electron chi connectivity index (χ3n) is 6.02. The summed E-state index contributed by atoms with van der Waals surface area (Å²) in [6.45, 7) is 4.66. The van der Waals surface area contributed by atoms with Crippen LogP contribution >= 0.6 is 11.8 Å². The Morgan fingerprint density at radius 2 is 2.00 bits per heavy atom. The summed E-state index contributed by atoms with van der Waals surface area (Å²) < 4.78 is 0. The van der Waals surface area contributed by atoms with Gasteiger partial charge in [0.25, 0.3) is 0 Å². The van der Waals surface area contributed by atoms with Crippen LogP contribution in [-0.2, 0) is 4.79 Å². The number of rotatable bonds is 4. The first-order chi connectivity index (χ1) is 10.6. The predicted molar refractivity (Wildman–Crippen MR) is 94.1 cm³/mol. The standard InChI is InChI=1S/C20H28OS/c1-15(2)16-10-11-19(21)20(13-16)12-6-7-17(20)14-22-18-8-4-3-5-9-18/h3-5,8-9,15-17H,6-7,10-14H2,1-2H3/t16-,17?,20-/m0/s1. The summed E-state index contributed by atoms with van der Waals surface area (Å²) in [6.07, 6.45) is 6.75. The van der Waals surface area contributed by atoms with E-state index in [4.69, 9.17) is 0 Å². The van der Waals surface area contributed by atoms with Gasteiger partial charge in [-0.25, -0.2) is 0 Å². The molecule has 3 rings (SSSR count). The van der Waals surface area contributed by atoms with Crippen molar-refractivity contribution in [3.63, 3.8) is 0 Å². The molecular formula is C20H28OS. The van der Waals surface area contributed by atoms with Crippen LogP contribution in [0.3, 0.4) is 0 Å². The minimum Gasteiger partial charge on any atom is -0.299 e. The molecule has 1 unspecified atom stereocenters. The van der Waals surface area contributed by atoms with Crippen LogP contribution in [0.4, 0.5) is 0 Å². The van der Waals surface area contributed by atoms with Crippen molar-refractivity contribution in [3.8, 4) is 0 Å². The van der Waals surface area contributed by atoms with Gasteiger partial charge in [-0.2, -0.15) is 0 Å². The first-order valence-corrected chi connectivity index (χ1v) is 9.81. The summed E-state index contributed by atoms with van der Waals surface area (Å²) in [6, 6.07) is 10.7. The zero-order chi connectivity index (χ0) is 15.6. The monoisotopic (exact) mass is 316 g/mol. The Morgan fingerprint density at radius 3 is 2.73 bits per heavy atom. The third-order valence-corrected chi connectivity index (χ3v) is 7.19. The van der Waals surface area contributed by atoms with Crippen molar-refractivity contribution in [2.45, 2.75) is 57.3 Å². The Hall–Kier alpha value is -0.760. The van der Waals surface area contributed by atoms with E-state index in [-0.39, 0.29) is 5.41 Å². The fourth-order valence-corrected chi connectivity index (χ4v) is 5.78. The smallest absolute Gasteiger partial charge is 0.139 e. The lowest BCUT2D eigenvalue weighted by Crippen LogP contribution is -2.42. The summed E-state index contributed by atoms with van der Waals surface area (Å²) in [7, 11) is 0. The molecule has 1 aromatic rings. The number of carbonyl (C=O) groups is 1. The van der Waals surface area contributed by atoms with Gasteiger partial charge in [0.05, 0.1) is 0 Å². The van der Waals surface area contributed by atoms with Crippen molar-refractivity contribution in [1.82, 2.24) is 0 Å². The minimum absolute atomic E-state index is 0.0228. The van der Waals surface area contributed by atoms with Crippen molar-refractivity contribution in [2.24, 2.45) is 23.2 Å².